The van der Waals surface area contributed by atoms with Crippen molar-refractivity contribution in [2.45, 2.75) is 33.6 Å². The van der Waals surface area contributed by atoms with E-state index in [-0.39, 0.29) is 63.0 Å². The number of rotatable bonds is 10. The fourth-order valence-electron chi connectivity index (χ4n) is 5.19. The normalized spacial score (nSPS) is 9.17. The number of carbonyl (C=O) groups excluding carboxylic acids is 2. The van der Waals surface area contributed by atoms with Crippen LogP contribution in [0, 0.1) is 20.8 Å². The summed E-state index contributed by atoms with van der Waals surface area (Å²) in [6, 6.07) is 43.6. The zero-order valence-electron chi connectivity index (χ0n) is 40.4. The number of hydrogen-bond acceptors (Lipinski definition) is 14. The minimum Gasteiger partial charge on any atom is -0.662 e. The van der Waals surface area contributed by atoms with Crippen LogP contribution in [0.5, 0.6) is 5.75 Å². The molecule has 0 saturated carbocycles. The van der Waals surface area contributed by atoms with Gasteiger partial charge < -0.3 is 43.3 Å². The number of carbonyl (C=O) groups is 2. The second kappa shape index (κ2) is 42.7. The number of ether oxygens (including phenoxy) is 1. The van der Waals surface area contributed by atoms with Gasteiger partial charge in [0, 0.05) is 50.4 Å². The Hall–Kier alpha value is -4.42. The van der Waals surface area contributed by atoms with Gasteiger partial charge in [0.05, 0.1) is 26.9 Å². The molecule has 0 amide bonds. The largest absolute Gasteiger partial charge is 1.00 e. The zero-order valence-corrected chi connectivity index (χ0v) is 50.3. The van der Waals surface area contributed by atoms with Crippen LogP contribution in [0.2, 0.25) is 10.0 Å². The van der Waals surface area contributed by atoms with E-state index >= 15 is 0 Å². The van der Waals surface area contributed by atoms with Crippen LogP contribution < -0.4 is 62.5 Å². The van der Waals surface area contributed by atoms with Crippen molar-refractivity contribution < 1.29 is 72.7 Å². The molecule has 6 aromatic carbocycles. The number of thiocarbonyl (C=S) groups is 3. The van der Waals surface area contributed by atoms with Crippen LogP contribution in [-0.4, -0.2) is 48.3 Å². The fraction of sp³-hybridized carbons (Fsp3) is 0.120. The number of isothiocyanates is 1. The van der Waals surface area contributed by atoms with Crippen LogP contribution in [0.15, 0.2) is 156 Å². The molecule has 0 spiro atoms. The van der Waals surface area contributed by atoms with Crippen molar-refractivity contribution in [3.63, 3.8) is 0 Å². The van der Waals surface area contributed by atoms with Crippen molar-refractivity contribution in [2.75, 3.05) is 16.4 Å². The van der Waals surface area contributed by atoms with E-state index in [1.807, 2.05) is 92.0 Å². The van der Waals surface area contributed by atoms with E-state index in [1.165, 1.54) is 51.8 Å². The van der Waals surface area contributed by atoms with E-state index in [1.54, 1.807) is 42.5 Å². The molecule has 0 fully saturated rings. The Morgan fingerprint density at radius 3 is 1.87 bits per heavy atom. The summed E-state index contributed by atoms with van der Waals surface area (Å²) in [7, 11) is 0. The van der Waals surface area contributed by atoms with Crippen LogP contribution in [0.1, 0.15) is 32.6 Å². The number of aryl methyl sites for hydroxylation is 3. The maximum absolute atomic E-state index is 12.3. The molecular weight excluding hydrogens is 1210 g/mol. The summed E-state index contributed by atoms with van der Waals surface area (Å²) >= 11 is 38.9. The molecule has 0 aliphatic heterocycles. The van der Waals surface area contributed by atoms with Gasteiger partial charge in [-0.25, -0.2) is 4.98 Å². The number of nitrogens with two attached hydrogens (primary N) is 2. The van der Waals surface area contributed by atoms with Gasteiger partial charge in [-0.2, -0.15) is 4.99 Å². The van der Waals surface area contributed by atoms with Gasteiger partial charge in [-0.15, -0.1) is 24.5 Å². The number of nitrogens with one attached hydrogen (secondary N) is 1. The van der Waals surface area contributed by atoms with E-state index in [9.17, 15) is 18.0 Å². The molecule has 7 aromatic rings. The maximum atomic E-state index is 12.3. The molecule has 0 aliphatic carbocycles. The smallest absolute Gasteiger partial charge is 0.662 e. The number of hydrogen-bond donors (Lipinski definition) is 4. The monoisotopic (exact) mass is 1260 g/mol. The Kier molecular flexibility index (Phi) is 42.6. The van der Waals surface area contributed by atoms with Gasteiger partial charge in [0.1, 0.15) is 5.75 Å². The number of thiazole rings is 1. The summed E-state index contributed by atoms with van der Waals surface area (Å²) in [5, 5.41) is 17.6. The van der Waals surface area contributed by atoms with Gasteiger partial charge in [0.15, 0.2) is 14.7 Å². The molecule has 75 heavy (non-hydrogen) atoms. The summed E-state index contributed by atoms with van der Waals surface area (Å²) in [4.78, 5) is 31.1. The van der Waals surface area contributed by atoms with Crippen molar-refractivity contribution in [3.8, 4) is 17.0 Å². The van der Waals surface area contributed by atoms with Crippen molar-refractivity contribution in [2.24, 2.45) is 10.7 Å². The third-order valence-electron chi connectivity index (χ3n) is 7.93. The SMILES string of the molecule is Cc1cccc(CC(N)=S)c1.Cc1cccc(N)c1.Cc1cccc(N=C=S)c1.FC(F)(F)Oc1cccc(Nc2nc(-c3cccc(Cl)c3)cs2)c1.N.O.O=C(CBr)c1cccc(Cl)c1.O=CO[O-].S=C(Cl)Cl.[Na+]. The molecule has 7 rings (SSSR count). The average Bonchev–Trinajstić information content (AvgIpc) is 3.77. The molecular formula is C50H49BrCl4F3N6NaO6S4. The molecule has 0 bridgehead atoms. The van der Waals surface area contributed by atoms with E-state index in [4.69, 9.17) is 80.1 Å². The van der Waals surface area contributed by atoms with E-state index in [0.717, 1.165) is 22.6 Å². The van der Waals surface area contributed by atoms with E-state index in [2.05, 4.69) is 89.5 Å². The fourth-order valence-corrected chi connectivity index (χ4v) is 6.90. The van der Waals surface area contributed by atoms with E-state index < -0.39 is 6.36 Å². The number of alkyl halides is 4. The third-order valence-corrected chi connectivity index (χ3v) is 9.90. The first-order chi connectivity index (χ1) is 34.1. The summed E-state index contributed by atoms with van der Waals surface area (Å²) in [5.41, 5.74) is 20.1. The van der Waals surface area contributed by atoms with Crippen molar-refractivity contribution in [1.29, 1.82) is 0 Å². The van der Waals surface area contributed by atoms with Crippen molar-refractivity contribution in [1.82, 2.24) is 11.1 Å². The van der Waals surface area contributed by atoms with Gasteiger partial charge in [0.25, 0.3) is 6.47 Å². The molecule has 25 heteroatoms. The second-order valence-corrected chi connectivity index (χ2v) is 18.6. The predicted octanol–water partition coefficient (Wildman–Crippen LogP) is 11.7. The molecule has 1 aromatic heterocycles. The Morgan fingerprint density at radius 2 is 1.39 bits per heavy atom. The summed E-state index contributed by atoms with van der Waals surface area (Å²) in [6.07, 6.45) is -4.02. The average molecular weight is 1260 g/mol. The number of anilines is 3. The Morgan fingerprint density at radius 1 is 0.853 bits per heavy atom. The van der Waals surface area contributed by atoms with E-state index in [0.29, 0.717) is 43.2 Å². The molecule has 12 nitrogen and oxygen atoms in total. The van der Waals surface area contributed by atoms with Crippen LogP contribution in [0.25, 0.3) is 11.3 Å². The van der Waals surface area contributed by atoms with Crippen LogP contribution in [-0.2, 0) is 16.1 Å². The van der Waals surface area contributed by atoms with Crippen molar-refractivity contribution >= 4 is 159 Å². The number of aromatic nitrogens is 1. The summed E-state index contributed by atoms with van der Waals surface area (Å²) < 4.78 is 40.6. The minimum absolute atomic E-state index is 0. The van der Waals surface area contributed by atoms with Crippen molar-refractivity contribution in [3.05, 3.63) is 189 Å². The molecule has 10 N–H and O–H groups in total. The molecule has 396 valence electrons. The Labute approximate surface area is 504 Å². The van der Waals surface area contributed by atoms with Crippen LogP contribution in [0.3, 0.4) is 0 Å². The molecule has 0 saturated heterocycles. The van der Waals surface area contributed by atoms with Gasteiger partial charge in [-0.1, -0.05) is 171 Å². The molecule has 0 atom stereocenters. The number of aliphatic imine (C=N–C) groups is 1. The first kappa shape index (κ1) is 74.8. The van der Waals surface area contributed by atoms with Crippen LogP contribution in [0.4, 0.5) is 35.4 Å². The Balaban J connectivity index is -0.000000872. The summed E-state index contributed by atoms with van der Waals surface area (Å²) in [5.74, 6) is -0.244. The molecule has 0 unspecified atom stereocenters. The Bertz CT molecular complexity index is 2840. The zero-order chi connectivity index (χ0) is 54.1. The minimum atomic E-state index is -4.72. The molecule has 0 radical (unpaired) electrons. The second-order valence-electron chi connectivity index (χ2n) is 13.8. The van der Waals surface area contributed by atoms with Gasteiger partial charge in [-0.3, -0.25) is 9.59 Å². The van der Waals surface area contributed by atoms with Gasteiger partial charge in [-0.05, 0) is 110 Å². The first-order valence-corrected chi connectivity index (χ1v) is 24.9. The van der Waals surface area contributed by atoms with Gasteiger partial charge in [0.2, 0.25) is 0 Å². The number of nitrogen functional groups attached to an aromatic ring is 1. The van der Waals surface area contributed by atoms with Gasteiger partial charge >= 0.3 is 35.9 Å². The number of benzene rings is 6. The number of ketones is 1. The summed E-state index contributed by atoms with van der Waals surface area (Å²) in [6.45, 7) is 5.92. The van der Waals surface area contributed by atoms with Crippen LogP contribution >= 0.6 is 110 Å². The standard InChI is InChI=1S/C16H10ClF3N2OS.C9H11NS.C8H6BrClO.C8H7NS.C7H9N.CCl2S.CH2O3.H3N.Na.H2O/c17-11-4-1-3-10(7-11)14-9-24-15(22-14)21-12-5-2-6-13(8-12)23-16(18,19)20;1-7-3-2-4-8(5-7)6-9(10)11;9-5-8(11)6-2-1-3-7(10)4-6;1-7-3-2-4-8(5-7)9-6-10;1-6-3-2-4-7(8)5-6;2-1(3)4;2-1-4-3;;;/h1-9H,(H,21,22);2-5H,6H2,1H3,(H2,10,11);1-4H,5H2;2-5H,1H3;2-5H,8H2,1H3;;1,3H;1H3;;1H2/q;;;;;;;;+1;/p-1. The third kappa shape index (κ3) is 37.9. The maximum Gasteiger partial charge on any atom is 1.00 e. The molecule has 0 aliphatic rings. The number of nitrogens with zero attached hydrogens (tertiary/aromatic N) is 2. The first-order valence-electron chi connectivity index (χ1n) is 20.1. The topological polar surface area (TPSA) is 231 Å². The predicted molar refractivity (Wildman–Crippen MR) is 312 cm³/mol. The molecule has 1 heterocycles. The number of Topliss-reactive ketones (excluding diaryl/α,β-unsaturated/α-hetero) is 1. The quantitative estimate of drug-likeness (QED) is 0.00955. The number of halogens is 8.